The molecule has 2 spiro atoms. The number of amides is 2. The second kappa shape index (κ2) is 12.3. The molecule has 0 aliphatic heterocycles. The van der Waals surface area contributed by atoms with Crippen LogP contribution >= 0.6 is 0 Å². The summed E-state index contributed by atoms with van der Waals surface area (Å²) >= 11 is 0. The molecule has 6 aliphatic carbocycles. The molecule has 6 aliphatic rings. The Labute approximate surface area is 302 Å². The van der Waals surface area contributed by atoms with Crippen LogP contribution in [-0.2, 0) is 0 Å². The van der Waals surface area contributed by atoms with Gasteiger partial charge < -0.3 is 20.4 Å². The molecule has 0 saturated heterocycles. The number of aliphatic hydroxyl groups is 2. The second-order valence-electron chi connectivity index (χ2n) is 16.8. The predicted octanol–water partition coefficient (Wildman–Crippen LogP) is 9.07. The Morgan fingerprint density at radius 3 is 2.22 bits per heavy atom. The van der Waals surface area contributed by atoms with Crippen LogP contribution in [0.5, 0.6) is 0 Å². The molecule has 2 amide bonds. The first-order chi connectivity index (χ1) is 24.5. The Morgan fingerprint density at radius 2 is 1.47 bits per heavy atom. The molecule has 0 aromatic heterocycles. The fourth-order valence-corrected chi connectivity index (χ4v) is 11.9. The van der Waals surface area contributed by atoms with Gasteiger partial charge in [-0.05, 0) is 91.9 Å². The van der Waals surface area contributed by atoms with Crippen LogP contribution in [0.25, 0.3) is 11.1 Å². The molecule has 3 aromatic rings. The molecule has 6 heteroatoms. The van der Waals surface area contributed by atoms with Crippen molar-refractivity contribution in [3.8, 4) is 11.1 Å². The summed E-state index contributed by atoms with van der Waals surface area (Å²) in [6, 6.07) is 27.4. The van der Waals surface area contributed by atoms with E-state index in [-0.39, 0.29) is 35.6 Å². The lowest BCUT2D eigenvalue weighted by molar-refractivity contribution is -0.174. The van der Waals surface area contributed by atoms with Gasteiger partial charge >= 0.3 is 6.03 Å². The van der Waals surface area contributed by atoms with Gasteiger partial charge in [0.05, 0.1) is 18.2 Å². The maximum Gasteiger partial charge on any atom is 0.321 e. The quantitative estimate of drug-likeness (QED) is 0.163. The third kappa shape index (κ3) is 4.96. The number of carbonyl (C=O) groups excluding carboxylic acids is 2. The summed E-state index contributed by atoms with van der Waals surface area (Å²) in [4.78, 5) is 30.9. The molecule has 0 radical (unpaired) electrons. The van der Waals surface area contributed by atoms with Gasteiger partial charge in [0.1, 0.15) is 0 Å². The largest absolute Gasteiger partial charge is 0.393 e. The number of allylic oxidation sites excluding steroid dienone is 4. The topological polar surface area (TPSA) is 89.9 Å². The number of nitrogens with zero attached hydrogens (tertiary/aromatic N) is 1. The molecule has 8 atom stereocenters. The molecule has 2 bridgehead atoms. The first-order valence-corrected chi connectivity index (χ1v) is 19.1. The molecule has 1 unspecified atom stereocenters. The van der Waals surface area contributed by atoms with Crippen LogP contribution in [0.15, 0.2) is 109 Å². The van der Waals surface area contributed by atoms with Crippen molar-refractivity contribution in [1.82, 2.24) is 4.90 Å². The molecule has 3 saturated carbocycles. The zero-order valence-electron chi connectivity index (χ0n) is 30.3. The Kier molecular flexibility index (Phi) is 8.23. The zero-order valence-corrected chi connectivity index (χ0v) is 30.3. The van der Waals surface area contributed by atoms with Gasteiger partial charge in [-0.25, -0.2) is 4.79 Å². The average molecular weight is 685 g/mol. The fourth-order valence-electron chi connectivity index (χ4n) is 11.9. The van der Waals surface area contributed by atoms with E-state index in [4.69, 9.17) is 0 Å². The number of rotatable bonds is 8. The minimum atomic E-state index is -1.12. The Balaban J connectivity index is 1.22. The van der Waals surface area contributed by atoms with E-state index in [0.29, 0.717) is 24.9 Å². The third-order valence-electron chi connectivity index (χ3n) is 14.5. The highest BCUT2D eigenvalue weighted by molar-refractivity contribution is 6.14. The Morgan fingerprint density at radius 1 is 0.824 bits per heavy atom. The van der Waals surface area contributed by atoms with Gasteiger partial charge in [-0.1, -0.05) is 112 Å². The van der Waals surface area contributed by atoms with Crippen molar-refractivity contribution in [3.05, 3.63) is 114 Å². The number of ketones is 1. The molecule has 0 heterocycles. The van der Waals surface area contributed by atoms with Crippen LogP contribution in [0.4, 0.5) is 10.5 Å². The van der Waals surface area contributed by atoms with Crippen LogP contribution in [0.3, 0.4) is 0 Å². The van der Waals surface area contributed by atoms with Crippen LogP contribution in [-0.4, -0.2) is 51.7 Å². The number of nitrogens with one attached hydrogen (secondary N) is 1. The van der Waals surface area contributed by atoms with E-state index in [1.807, 2.05) is 72.8 Å². The minimum Gasteiger partial charge on any atom is -0.393 e. The molecule has 6 nitrogen and oxygen atoms in total. The summed E-state index contributed by atoms with van der Waals surface area (Å²) in [7, 11) is 0. The van der Waals surface area contributed by atoms with Crippen molar-refractivity contribution in [2.24, 2.45) is 33.5 Å². The lowest BCUT2D eigenvalue weighted by Gasteiger charge is -2.71. The number of hydrogen-bond donors (Lipinski definition) is 3. The predicted molar refractivity (Wildman–Crippen MR) is 202 cm³/mol. The molecular weight excluding hydrogens is 633 g/mol. The van der Waals surface area contributed by atoms with E-state index in [2.05, 4.69) is 56.4 Å². The lowest BCUT2D eigenvalue weighted by Crippen LogP contribution is -2.67. The van der Waals surface area contributed by atoms with E-state index >= 15 is 4.79 Å². The number of anilines is 1. The highest BCUT2D eigenvalue weighted by atomic mass is 16.3. The van der Waals surface area contributed by atoms with Crippen molar-refractivity contribution in [2.45, 2.75) is 83.8 Å². The number of aliphatic hydroxyl groups excluding tert-OH is 1. The SMILES string of the molecule is CCCN(C[C@]1(O)CC[C@H]2[C@]34C=C[C@@]5(C=C3C(=O)c3ccccc3-c3ccccc3)CC(O)CC[C@]5(C)[C@H]4CC[C@@]21C)C(=O)Nc1ccccc1. The molecule has 51 heavy (non-hydrogen) atoms. The van der Waals surface area contributed by atoms with Crippen molar-refractivity contribution in [3.63, 3.8) is 0 Å². The summed E-state index contributed by atoms with van der Waals surface area (Å²) < 4.78 is 0. The highest BCUT2D eigenvalue weighted by Gasteiger charge is 2.74. The monoisotopic (exact) mass is 684 g/mol. The van der Waals surface area contributed by atoms with Gasteiger partial charge in [0.15, 0.2) is 5.78 Å². The van der Waals surface area contributed by atoms with Gasteiger partial charge in [-0.2, -0.15) is 0 Å². The third-order valence-corrected chi connectivity index (χ3v) is 14.5. The van der Waals surface area contributed by atoms with Gasteiger partial charge in [-0.15, -0.1) is 0 Å². The second-order valence-corrected chi connectivity index (χ2v) is 16.8. The summed E-state index contributed by atoms with van der Waals surface area (Å²) in [5.74, 6) is 0.260. The fraction of sp³-hybridized carbons (Fsp3) is 0.467. The van der Waals surface area contributed by atoms with Crippen LogP contribution < -0.4 is 5.32 Å². The molecule has 3 aromatic carbocycles. The van der Waals surface area contributed by atoms with Gasteiger partial charge in [-0.3, -0.25) is 4.79 Å². The first kappa shape index (κ1) is 34.1. The Bertz CT molecular complexity index is 1890. The van der Waals surface area contributed by atoms with E-state index in [9.17, 15) is 15.0 Å². The zero-order chi connectivity index (χ0) is 35.6. The number of carbonyl (C=O) groups is 2. The molecule has 3 fully saturated rings. The minimum absolute atomic E-state index is 0.00623. The number of Topliss-reactive ketones (excluding diaryl/α,β-unsaturated/α-hetero) is 1. The number of urea groups is 1. The normalized spacial score (nSPS) is 36.0. The van der Waals surface area contributed by atoms with E-state index in [0.717, 1.165) is 60.9 Å². The summed E-state index contributed by atoms with van der Waals surface area (Å²) in [5, 5.41) is 27.1. The van der Waals surface area contributed by atoms with E-state index in [1.54, 1.807) is 4.90 Å². The lowest BCUT2D eigenvalue weighted by atomic mass is 9.32. The number of hydrogen-bond acceptors (Lipinski definition) is 4. The summed E-state index contributed by atoms with van der Waals surface area (Å²) in [6.45, 7) is 7.51. The van der Waals surface area contributed by atoms with Crippen molar-refractivity contribution >= 4 is 17.5 Å². The van der Waals surface area contributed by atoms with Crippen molar-refractivity contribution in [2.75, 3.05) is 18.4 Å². The molecular formula is C45H52N2O4. The average Bonchev–Trinajstić information content (AvgIpc) is 3.41. The van der Waals surface area contributed by atoms with Crippen LogP contribution in [0.2, 0.25) is 0 Å². The van der Waals surface area contributed by atoms with Crippen LogP contribution in [0.1, 0.15) is 82.5 Å². The van der Waals surface area contributed by atoms with Crippen molar-refractivity contribution in [1.29, 1.82) is 0 Å². The number of para-hydroxylation sites is 1. The maximum absolute atomic E-state index is 15.4. The van der Waals surface area contributed by atoms with Gasteiger partial charge in [0, 0.05) is 39.6 Å². The number of fused-ring (bicyclic) bond motifs is 1. The molecule has 266 valence electrons. The standard InChI is InChI=1S/C45H52N2O4/c1-4-27-47(40(50)46-32-15-9-6-10-16-32)30-44(51)24-21-38-42(44,3)23-20-37-41(2)22-19-33(48)28-43(41)25-26-45(37,38)36(29-43)39(49)35-18-12-11-17-34(35)31-13-7-5-8-14-31/h5-18,25-26,29,33,37-38,48,51H,4,19-24,27-28,30H2,1-3H3,(H,46,50)/t33?,37-,38-,41-,42+,43+,44-,45-/m1/s1. The van der Waals surface area contributed by atoms with Crippen molar-refractivity contribution < 1.29 is 19.8 Å². The molecule has 9 rings (SSSR count). The summed E-state index contributed by atoms with van der Waals surface area (Å²) in [6.07, 6.45) is 12.7. The van der Waals surface area contributed by atoms with E-state index in [1.165, 1.54) is 0 Å². The molecule has 3 N–H and O–H groups in total. The summed E-state index contributed by atoms with van der Waals surface area (Å²) in [5.41, 5.74) is 1.47. The van der Waals surface area contributed by atoms with E-state index < -0.39 is 27.9 Å². The first-order valence-electron chi connectivity index (χ1n) is 19.1. The smallest absolute Gasteiger partial charge is 0.321 e. The number of benzene rings is 3. The van der Waals surface area contributed by atoms with Gasteiger partial charge in [0.2, 0.25) is 0 Å². The van der Waals surface area contributed by atoms with Crippen LogP contribution in [0, 0.1) is 33.5 Å². The Hall–Kier alpha value is -4.00. The van der Waals surface area contributed by atoms with Gasteiger partial charge in [0.25, 0.3) is 0 Å². The maximum atomic E-state index is 15.4. The highest BCUT2D eigenvalue weighted by Crippen LogP contribution is 2.78.